The zero-order valence-corrected chi connectivity index (χ0v) is 15.6. The minimum atomic E-state index is -0.531. The lowest BCUT2D eigenvalue weighted by molar-refractivity contribution is -0.108. The molecule has 1 atom stereocenters. The zero-order chi connectivity index (χ0) is 19.8. The second-order valence-corrected chi connectivity index (χ2v) is 6.57. The number of ether oxygens (including phenoxy) is 1. The average Bonchev–Trinajstić information content (AvgIpc) is 3.35. The number of methoxy groups -OCH3 is 1. The third-order valence-corrected chi connectivity index (χ3v) is 4.82. The van der Waals surface area contributed by atoms with Crippen LogP contribution in [-0.2, 0) is 11.3 Å². The Morgan fingerprint density at radius 2 is 2.03 bits per heavy atom. The maximum atomic E-state index is 11.7. The molecule has 4 heterocycles. The van der Waals surface area contributed by atoms with Crippen LogP contribution in [0.5, 0.6) is 5.88 Å². The molecule has 0 saturated carbocycles. The highest BCUT2D eigenvalue weighted by atomic mass is 16.5. The molecular formula is C20H17N7O2. The first-order chi connectivity index (χ1) is 14.3. The van der Waals surface area contributed by atoms with Crippen LogP contribution in [0, 0.1) is 0 Å². The van der Waals surface area contributed by atoms with Crippen molar-refractivity contribution in [3.63, 3.8) is 0 Å². The van der Waals surface area contributed by atoms with E-state index in [1.54, 1.807) is 31.9 Å². The number of rotatable bonds is 5. The fourth-order valence-electron chi connectivity index (χ4n) is 3.39. The number of para-hydroxylation sites is 2. The van der Waals surface area contributed by atoms with E-state index in [1.807, 2.05) is 39.8 Å². The Bertz CT molecular complexity index is 1190. The van der Waals surface area contributed by atoms with E-state index in [1.165, 1.54) is 0 Å². The van der Waals surface area contributed by atoms with E-state index in [0.29, 0.717) is 29.9 Å². The first-order valence-corrected chi connectivity index (χ1v) is 9.04. The number of pyridine rings is 1. The highest BCUT2D eigenvalue weighted by Crippen LogP contribution is 2.33. The van der Waals surface area contributed by atoms with Gasteiger partial charge >= 0.3 is 0 Å². The molecule has 3 aromatic heterocycles. The normalized spacial score (nSPS) is 15.2. The molecule has 5 rings (SSSR count). The lowest BCUT2D eigenvalue weighted by atomic mass is 10.2. The highest BCUT2D eigenvalue weighted by Gasteiger charge is 2.31. The van der Waals surface area contributed by atoms with Crippen molar-refractivity contribution in [1.29, 1.82) is 0 Å². The Hall–Kier alpha value is -4.01. The fourth-order valence-corrected chi connectivity index (χ4v) is 3.39. The summed E-state index contributed by atoms with van der Waals surface area (Å²) in [5.74, 6) is 1.68. The predicted molar refractivity (Wildman–Crippen MR) is 107 cm³/mol. The molecule has 4 aromatic rings. The largest absolute Gasteiger partial charge is 0.481 e. The minimum Gasteiger partial charge on any atom is -0.481 e. The molecule has 1 aliphatic heterocycles. The molecule has 0 fully saturated rings. The van der Waals surface area contributed by atoms with E-state index in [2.05, 4.69) is 20.3 Å². The van der Waals surface area contributed by atoms with E-state index in [9.17, 15) is 4.79 Å². The van der Waals surface area contributed by atoms with Gasteiger partial charge in [-0.2, -0.15) is 4.98 Å². The molecule has 144 valence electrons. The third kappa shape index (κ3) is 2.92. The maximum Gasteiger partial charge on any atom is 0.237 e. The fraction of sp³-hybridized carbons (Fsp3) is 0.150. The number of aromatic nitrogens is 5. The van der Waals surface area contributed by atoms with Crippen molar-refractivity contribution >= 4 is 28.8 Å². The lowest BCUT2D eigenvalue weighted by Gasteiger charge is -2.22. The Morgan fingerprint density at radius 1 is 1.14 bits per heavy atom. The summed E-state index contributed by atoms with van der Waals surface area (Å²) >= 11 is 0. The van der Waals surface area contributed by atoms with Crippen molar-refractivity contribution in [3.8, 4) is 11.8 Å². The summed E-state index contributed by atoms with van der Waals surface area (Å²) in [5, 5.41) is 3.15. The number of carbonyl (C=O) groups excluding carboxylic acids is 1. The van der Waals surface area contributed by atoms with Gasteiger partial charge in [-0.15, -0.1) is 0 Å². The topological polar surface area (TPSA) is 98.1 Å². The number of nitrogens with one attached hydrogen (secondary N) is 1. The smallest absolute Gasteiger partial charge is 0.237 e. The molecule has 0 aliphatic carbocycles. The van der Waals surface area contributed by atoms with Crippen LogP contribution < -0.4 is 15.0 Å². The molecule has 0 bridgehead atoms. The molecule has 9 nitrogen and oxygen atoms in total. The molecule has 1 aromatic carbocycles. The van der Waals surface area contributed by atoms with Gasteiger partial charge < -0.3 is 15.0 Å². The number of hydrogen-bond donors (Lipinski definition) is 1. The van der Waals surface area contributed by atoms with Gasteiger partial charge in [0.25, 0.3) is 0 Å². The van der Waals surface area contributed by atoms with Gasteiger partial charge in [-0.25, -0.2) is 15.0 Å². The molecule has 0 spiro atoms. The van der Waals surface area contributed by atoms with Crippen molar-refractivity contribution < 1.29 is 9.53 Å². The van der Waals surface area contributed by atoms with Crippen LogP contribution in [0.4, 0.5) is 11.5 Å². The van der Waals surface area contributed by atoms with Crippen LogP contribution in [0.25, 0.3) is 17.0 Å². The Morgan fingerprint density at radius 3 is 2.83 bits per heavy atom. The second kappa shape index (κ2) is 6.86. The molecule has 9 heteroatoms. The molecule has 1 aliphatic rings. The van der Waals surface area contributed by atoms with Crippen molar-refractivity contribution in [2.45, 2.75) is 12.7 Å². The van der Waals surface area contributed by atoms with Gasteiger partial charge in [0.1, 0.15) is 6.33 Å². The number of benzene rings is 1. The molecule has 29 heavy (non-hydrogen) atoms. The van der Waals surface area contributed by atoms with Crippen molar-refractivity contribution in [2.75, 3.05) is 17.3 Å². The van der Waals surface area contributed by atoms with Gasteiger partial charge in [0.2, 0.25) is 11.8 Å². The quantitative estimate of drug-likeness (QED) is 0.521. The van der Waals surface area contributed by atoms with E-state index in [-0.39, 0.29) is 0 Å². The summed E-state index contributed by atoms with van der Waals surface area (Å²) < 4.78 is 6.94. The summed E-state index contributed by atoms with van der Waals surface area (Å²) in [6.07, 6.45) is 5.43. The predicted octanol–water partition coefficient (Wildman–Crippen LogP) is 2.18. The molecule has 0 saturated heterocycles. The van der Waals surface area contributed by atoms with Gasteiger partial charge in [-0.1, -0.05) is 18.2 Å². The number of carbonyl (C=O) groups is 1. The number of aldehydes is 1. The third-order valence-electron chi connectivity index (χ3n) is 4.82. The number of anilines is 2. The Balaban J connectivity index is 1.53. The minimum absolute atomic E-state index is 0.460. The molecule has 0 radical (unpaired) electrons. The average molecular weight is 387 g/mol. The van der Waals surface area contributed by atoms with E-state index >= 15 is 0 Å². The highest BCUT2D eigenvalue weighted by molar-refractivity contribution is 5.82. The van der Waals surface area contributed by atoms with Crippen LogP contribution in [-0.4, -0.2) is 44.1 Å². The van der Waals surface area contributed by atoms with E-state index in [0.717, 1.165) is 22.9 Å². The second-order valence-electron chi connectivity index (χ2n) is 6.57. The lowest BCUT2D eigenvalue weighted by Crippen LogP contribution is -2.36. The van der Waals surface area contributed by atoms with Crippen molar-refractivity contribution in [3.05, 3.63) is 60.7 Å². The number of imidazole rings is 1. The molecule has 1 N–H and O–H groups in total. The molecule has 1 unspecified atom stereocenters. The Kier molecular flexibility index (Phi) is 4.05. The maximum absolute atomic E-state index is 11.7. The van der Waals surface area contributed by atoms with Gasteiger partial charge in [0.15, 0.2) is 18.3 Å². The van der Waals surface area contributed by atoms with Crippen LogP contribution in [0.2, 0.25) is 0 Å². The summed E-state index contributed by atoms with van der Waals surface area (Å²) in [5.41, 5.74) is 3.41. The van der Waals surface area contributed by atoms with Gasteiger partial charge in [0, 0.05) is 18.8 Å². The molecular weight excluding hydrogens is 370 g/mol. The first kappa shape index (κ1) is 17.1. The SMILES string of the molecule is COc1ccc(CN2c3nc(-n4cnc5ccccc54)ncc3NC2C=O)cn1. The van der Waals surface area contributed by atoms with Crippen LogP contribution in [0.3, 0.4) is 0 Å². The van der Waals surface area contributed by atoms with E-state index in [4.69, 9.17) is 9.72 Å². The molecule has 0 amide bonds. The first-order valence-electron chi connectivity index (χ1n) is 9.04. The summed E-state index contributed by atoms with van der Waals surface area (Å²) in [6.45, 7) is 0.460. The number of nitrogens with zero attached hydrogens (tertiary/aromatic N) is 6. The Labute approximate surface area is 166 Å². The summed E-state index contributed by atoms with van der Waals surface area (Å²) in [7, 11) is 1.57. The summed E-state index contributed by atoms with van der Waals surface area (Å²) in [4.78, 5) is 31.4. The van der Waals surface area contributed by atoms with Gasteiger partial charge in [-0.3, -0.25) is 9.36 Å². The number of hydrogen-bond acceptors (Lipinski definition) is 8. The monoisotopic (exact) mass is 387 g/mol. The zero-order valence-electron chi connectivity index (χ0n) is 15.6. The summed E-state index contributed by atoms with van der Waals surface area (Å²) in [6, 6.07) is 11.5. The standard InChI is InChI=1S/C20H17N7O2/c1-29-18-7-6-13(8-21-18)10-26-17(11-28)24-15-9-22-20(25-19(15)26)27-12-23-14-4-2-3-5-16(14)27/h2-9,11-12,17,24H,10H2,1H3. The van der Waals surface area contributed by atoms with Crippen molar-refractivity contribution in [2.24, 2.45) is 0 Å². The van der Waals surface area contributed by atoms with Crippen molar-refractivity contribution in [1.82, 2.24) is 24.5 Å². The van der Waals surface area contributed by atoms with E-state index < -0.39 is 6.17 Å². The van der Waals surface area contributed by atoms with Crippen LogP contribution >= 0.6 is 0 Å². The van der Waals surface area contributed by atoms with Gasteiger partial charge in [0.05, 0.1) is 30.0 Å². The number of fused-ring (bicyclic) bond motifs is 2. The van der Waals surface area contributed by atoms with Gasteiger partial charge in [-0.05, 0) is 17.7 Å². The van der Waals surface area contributed by atoms with Crippen LogP contribution in [0.1, 0.15) is 5.56 Å². The van der Waals surface area contributed by atoms with Crippen LogP contribution in [0.15, 0.2) is 55.1 Å².